The molecule has 7 heteroatoms. The largest absolute Gasteiger partial charge is 0.439 e. The summed E-state index contributed by atoms with van der Waals surface area (Å²) in [7, 11) is 3.67. The number of ether oxygens (including phenoxy) is 1. The van der Waals surface area contributed by atoms with E-state index in [9.17, 15) is 4.79 Å². The Labute approximate surface area is 162 Å². The average molecular weight is 377 g/mol. The van der Waals surface area contributed by atoms with Crippen LogP contribution < -0.4 is 10.3 Å². The summed E-state index contributed by atoms with van der Waals surface area (Å²) < 4.78 is 11.3. The van der Waals surface area contributed by atoms with Crippen LogP contribution in [0.2, 0.25) is 0 Å². The summed E-state index contributed by atoms with van der Waals surface area (Å²) in [6.45, 7) is 6.06. The zero-order valence-electron chi connectivity index (χ0n) is 16.7. The Hall–Kier alpha value is -3.35. The maximum Gasteiger partial charge on any atom is 0.279 e. The van der Waals surface area contributed by atoms with Crippen molar-refractivity contribution in [3.05, 3.63) is 64.9 Å². The van der Waals surface area contributed by atoms with Crippen LogP contribution in [0.1, 0.15) is 31.4 Å². The maximum absolute atomic E-state index is 12.7. The summed E-state index contributed by atoms with van der Waals surface area (Å²) >= 11 is 0. The van der Waals surface area contributed by atoms with E-state index in [2.05, 4.69) is 9.97 Å². The highest BCUT2D eigenvalue weighted by Crippen LogP contribution is 2.25. The SMILES string of the molecule is Cc1nc(-c2ccc(Oc3cn4c(C(C)C)ncc4c(=O)n3C)cc2)cn1C. The number of hydrogen-bond donors (Lipinski definition) is 0. The van der Waals surface area contributed by atoms with E-state index >= 15 is 0 Å². The molecule has 3 aromatic heterocycles. The van der Waals surface area contributed by atoms with Crippen LogP contribution in [0.5, 0.6) is 11.6 Å². The molecule has 0 atom stereocenters. The smallest absolute Gasteiger partial charge is 0.279 e. The fraction of sp³-hybridized carbons (Fsp3) is 0.286. The molecule has 0 unspecified atom stereocenters. The number of rotatable bonds is 4. The maximum atomic E-state index is 12.7. The fourth-order valence-electron chi connectivity index (χ4n) is 3.17. The molecule has 3 heterocycles. The van der Waals surface area contributed by atoms with Gasteiger partial charge < -0.3 is 9.30 Å². The zero-order valence-corrected chi connectivity index (χ0v) is 16.7. The van der Waals surface area contributed by atoms with E-state index in [4.69, 9.17) is 4.74 Å². The number of fused-ring (bicyclic) bond motifs is 1. The van der Waals surface area contributed by atoms with Crippen LogP contribution in [0.25, 0.3) is 16.8 Å². The molecule has 4 aromatic rings. The van der Waals surface area contributed by atoms with Gasteiger partial charge in [-0.05, 0) is 31.2 Å². The van der Waals surface area contributed by atoms with Crippen molar-refractivity contribution in [3.8, 4) is 22.9 Å². The van der Waals surface area contributed by atoms with Crippen LogP contribution in [0.15, 0.2) is 47.7 Å². The van der Waals surface area contributed by atoms with Gasteiger partial charge in [0.2, 0.25) is 5.88 Å². The van der Waals surface area contributed by atoms with Gasteiger partial charge in [0.05, 0.1) is 18.1 Å². The van der Waals surface area contributed by atoms with E-state index in [0.717, 1.165) is 22.9 Å². The molecule has 0 saturated heterocycles. The van der Waals surface area contributed by atoms with Gasteiger partial charge >= 0.3 is 0 Å². The van der Waals surface area contributed by atoms with Crippen LogP contribution in [0.4, 0.5) is 0 Å². The van der Waals surface area contributed by atoms with Gasteiger partial charge in [0.25, 0.3) is 5.56 Å². The van der Waals surface area contributed by atoms with Crippen molar-refractivity contribution in [1.82, 2.24) is 23.5 Å². The Kier molecular flexibility index (Phi) is 4.30. The Morgan fingerprint density at radius 2 is 1.79 bits per heavy atom. The first-order valence-corrected chi connectivity index (χ1v) is 9.20. The highest BCUT2D eigenvalue weighted by molar-refractivity contribution is 5.59. The van der Waals surface area contributed by atoms with E-state index in [1.54, 1.807) is 13.2 Å². The highest BCUT2D eigenvalue weighted by atomic mass is 16.5. The minimum Gasteiger partial charge on any atom is -0.439 e. The van der Waals surface area contributed by atoms with E-state index in [-0.39, 0.29) is 11.5 Å². The van der Waals surface area contributed by atoms with Crippen molar-refractivity contribution in [2.24, 2.45) is 14.1 Å². The third-order valence-electron chi connectivity index (χ3n) is 4.92. The summed E-state index contributed by atoms with van der Waals surface area (Å²) in [5.74, 6) is 3.10. The van der Waals surface area contributed by atoms with E-state index in [1.165, 1.54) is 4.57 Å². The normalized spacial score (nSPS) is 11.5. The Bertz CT molecular complexity index is 1190. The molecule has 28 heavy (non-hydrogen) atoms. The molecule has 0 fully saturated rings. The number of nitrogens with zero attached hydrogens (tertiary/aromatic N) is 5. The second kappa shape index (κ2) is 6.67. The molecule has 1 aromatic carbocycles. The monoisotopic (exact) mass is 377 g/mol. The molecule has 4 rings (SSSR count). The molecule has 144 valence electrons. The van der Waals surface area contributed by atoms with Gasteiger partial charge in [0.1, 0.15) is 22.9 Å². The van der Waals surface area contributed by atoms with Gasteiger partial charge in [0, 0.05) is 31.8 Å². The van der Waals surface area contributed by atoms with Crippen LogP contribution in [0.3, 0.4) is 0 Å². The number of aromatic nitrogens is 5. The van der Waals surface area contributed by atoms with E-state index in [0.29, 0.717) is 17.1 Å². The van der Waals surface area contributed by atoms with Crippen LogP contribution >= 0.6 is 0 Å². The van der Waals surface area contributed by atoms with Gasteiger partial charge in [-0.15, -0.1) is 0 Å². The molecular weight excluding hydrogens is 354 g/mol. The second-order valence-corrected chi connectivity index (χ2v) is 7.27. The molecule has 0 radical (unpaired) electrons. The van der Waals surface area contributed by atoms with Crippen molar-refractivity contribution in [2.45, 2.75) is 26.7 Å². The molecular formula is C21H23N5O2. The quantitative estimate of drug-likeness (QED) is 0.544. The second-order valence-electron chi connectivity index (χ2n) is 7.27. The Morgan fingerprint density at radius 1 is 1.07 bits per heavy atom. The van der Waals surface area contributed by atoms with Crippen LogP contribution in [-0.2, 0) is 14.1 Å². The third-order valence-corrected chi connectivity index (χ3v) is 4.92. The summed E-state index contributed by atoms with van der Waals surface area (Å²) in [6, 6.07) is 7.69. The van der Waals surface area contributed by atoms with E-state index in [1.807, 2.05) is 73.4 Å². The Morgan fingerprint density at radius 3 is 2.39 bits per heavy atom. The minimum atomic E-state index is -0.141. The molecule has 7 nitrogen and oxygen atoms in total. The van der Waals surface area contributed by atoms with Gasteiger partial charge in [-0.3, -0.25) is 13.8 Å². The van der Waals surface area contributed by atoms with Gasteiger partial charge in [-0.1, -0.05) is 13.8 Å². The molecule has 0 amide bonds. The van der Waals surface area contributed by atoms with Crippen molar-refractivity contribution < 1.29 is 4.74 Å². The lowest BCUT2D eigenvalue weighted by Crippen LogP contribution is -2.20. The van der Waals surface area contributed by atoms with Crippen molar-refractivity contribution in [1.29, 1.82) is 0 Å². The van der Waals surface area contributed by atoms with Crippen molar-refractivity contribution >= 4 is 5.52 Å². The van der Waals surface area contributed by atoms with E-state index < -0.39 is 0 Å². The first-order chi connectivity index (χ1) is 13.3. The molecule has 0 N–H and O–H groups in total. The molecule has 0 aliphatic rings. The van der Waals surface area contributed by atoms with Crippen molar-refractivity contribution in [3.63, 3.8) is 0 Å². The van der Waals surface area contributed by atoms with Gasteiger partial charge in [0.15, 0.2) is 0 Å². The number of aryl methyl sites for hydroxylation is 2. The topological polar surface area (TPSA) is 66.3 Å². The van der Waals surface area contributed by atoms with Gasteiger partial charge in [-0.25, -0.2) is 9.97 Å². The minimum absolute atomic E-state index is 0.141. The standard InChI is InChI=1S/C21H23N5O2/c1-13(2)20-22-10-18-21(27)25(5)19(12-26(18)20)28-16-8-6-15(7-9-16)17-11-24(4)14(3)23-17/h6-13H,1-5H3. The summed E-state index contributed by atoms with van der Waals surface area (Å²) in [6.07, 6.45) is 5.43. The lowest BCUT2D eigenvalue weighted by molar-refractivity contribution is 0.430. The lowest BCUT2D eigenvalue weighted by atomic mass is 10.2. The third kappa shape index (κ3) is 2.98. The summed E-state index contributed by atoms with van der Waals surface area (Å²) in [4.78, 5) is 21.6. The first-order valence-electron chi connectivity index (χ1n) is 9.20. The molecule has 0 saturated carbocycles. The number of imidazole rings is 2. The molecule has 0 aliphatic carbocycles. The average Bonchev–Trinajstić information content (AvgIpc) is 3.24. The Balaban J connectivity index is 1.69. The highest BCUT2D eigenvalue weighted by Gasteiger charge is 2.14. The van der Waals surface area contributed by atoms with Crippen LogP contribution in [0, 0.1) is 6.92 Å². The number of hydrogen-bond acceptors (Lipinski definition) is 4. The summed E-state index contributed by atoms with van der Waals surface area (Å²) in [5, 5.41) is 0. The van der Waals surface area contributed by atoms with Crippen molar-refractivity contribution in [2.75, 3.05) is 0 Å². The predicted molar refractivity (Wildman–Crippen MR) is 108 cm³/mol. The van der Waals surface area contributed by atoms with Crippen LogP contribution in [-0.4, -0.2) is 23.5 Å². The molecule has 0 aliphatic heterocycles. The van der Waals surface area contributed by atoms with Gasteiger partial charge in [-0.2, -0.15) is 0 Å². The first kappa shape index (κ1) is 18.0. The lowest BCUT2D eigenvalue weighted by Gasteiger charge is -2.12. The molecule has 0 bridgehead atoms. The zero-order chi connectivity index (χ0) is 20.0. The predicted octanol–water partition coefficient (Wildman–Crippen LogP) is 3.66. The molecule has 0 spiro atoms. The number of benzene rings is 1. The fourth-order valence-corrected chi connectivity index (χ4v) is 3.17. The summed E-state index contributed by atoms with van der Waals surface area (Å²) in [5.41, 5.74) is 2.33.